The van der Waals surface area contributed by atoms with E-state index in [1.165, 1.54) is 19.4 Å². The standard InChI is InChI=1S/C22H23FN2O3/c1-13-6-8-14(9-7-13)18-19(23)16(25-11-10-17(26)24-21(25)27)12-15(20(18)28-5)22(2,3)4/h6-12H,1-5H3,(H,24,26,27). The molecule has 0 amide bonds. The second-order valence-electron chi connectivity index (χ2n) is 7.76. The summed E-state index contributed by atoms with van der Waals surface area (Å²) in [4.78, 5) is 25.9. The van der Waals surface area contributed by atoms with E-state index in [4.69, 9.17) is 4.74 Å². The van der Waals surface area contributed by atoms with E-state index < -0.39 is 17.1 Å². The number of benzene rings is 2. The molecule has 28 heavy (non-hydrogen) atoms. The zero-order chi connectivity index (χ0) is 20.6. The fraction of sp³-hybridized carbons (Fsp3) is 0.273. The lowest BCUT2D eigenvalue weighted by Crippen LogP contribution is -2.28. The van der Waals surface area contributed by atoms with Crippen molar-refractivity contribution in [3.8, 4) is 22.6 Å². The number of H-pyrrole nitrogens is 1. The summed E-state index contributed by atoms with van der Waals surface area (Å²) in [6, 6.07) is 10.2. The van der Waals surface area contributed by atoms with Crippen molar-refractivity contribution < 1.29 is 9.13 Å². The van der Waals surface area contributed by atoms with E-state index in [-0.39, 0.29) is 16.7 Å². The van der Waals surface area contributed by atoms with Crippen molar-refractivity contribution in [2.24, 2.45) is 0 Å². The Bertz CT molecular complexity index is 1140. The predicted molar refractivity (Wildman–Crippen MR) is 108 cm³/mol. The molecule has 5 nitrogen and oxygen atoms in total. The van der Waals surface area contributed by atoms with Crippen molar-refractivity contribution in [1.82, 2.24) is 9.55 Å². The Hall–Kier alpha value is -3.15. The van der Waals surface area contributed by atoms with Gasteiger partial charge in [0.25, 0.3) is 5.56 Å². The summed E-state index contributed by atoms with van der Waals surface area (Å²) in [5, 5.41) is 0. The first-order chi connectivity index (χ1) is 13.1. The quantitative estimate of drug-likeness (QED) is 0.746. The van der Waals surface area contributed by atoms with Crippen molar-refractivity contribution in [2.75, 3.05) is 7.11 Å². The van der Waals surface area contributed by atoms with Gasteiger partial charge >= 0.3 is 5.69 Å². The number of aromatic amines is 1. The second-order valence-corrected chi connectivity index (χ2v) is 7.76. The molecule has 0 spiro atoms. The minimum atomic E-state index is -0.703. The highest BCUT2D eigenvalue weighted by atomic mass is 19.1. The Labute approximate surface area is 162 Å². The zero-order valence-electron chi connectivity index (χ0n) is 16.6. The summed E-state index contributed by atoms with van der Waals surface area (Å²) in [5.41, 5.74) is 1.16. The van der Waals surface area contributed by atoms with Gasteiger partial charge < -0.3 is 4.74 Å². The van der Waals surface area contributed by atoms with Crippen molar-refractivity contribution in [3.05, 3.63) is 80.4 Å². The van der Waals surface area contributed by atoms with Gasteiger partial charge in [0.15, 0.2) is 5.82 Å². The Morgan fingerprint density at radius 2 is 1.71 bits per heavy atom. The molecule has 2 aromatic carbocycles. The van der Waals surface area contributed by atoms with Crippen LogP contribution in [0.15, 0.2) is 52.2 Å². The van der Waals surface area contributed by atoms with E-state index in [0.29, 0.717) is 11.3 Å². The van der Waals surface area contributed by atoms with E-state index in [1.54, 1.807) is 6.07 Å². The number of hydrogen-bond acceptors (Lipinski definition) is 3. The van der Waals surface area contributed by atoms with Gasteiger partial charge in [-0.25, -0.2) is 9.18 Å². The first-order valence-electron chi connectivity index (χ1n) is 8.94. The molecule has 1 aromatic heterocycles. The Balaban J connectivity index is 2.45. The number of rotatable bonds is 3. The topological polar surface area (TPSA) is 64.1 Å². The Morgan fingerprint density at radius 3 is 2.25 bits per heavy atom. The van der Waals surface area contributed by atoms with Gasteiger partial charge in [-0.05, 0) is 24.0 Å². The van der Waals surface area contributed by atoms with Gasteiger partial charge in [0.1, 0.15) is 5.75 Å². The number of halogens is 1. The highest BCUT2D eigenvalue weighted by Gasteiger charge is 2.28. The zero-order valence-corrected chi connectivity index (χ0v) is 16.6. The number of aryl methyl sites for hydroxylation is 1. The van der Waals surface area contributed by atoms with Crippen LogP contribution in [-0.2, 0) is 5.41 Å². The molecular weight excluding hydrogens is 359 g/mol. The minimum absolute atomic E-state index is 0.0579. The van der Waals surface area contributed by atoms with Crippen LogP contribution in [0.1, 0.15) is 31.9 Å². The van der Waals surface area contributed by atoms with Crippen LogP contribution in [0, 0.1) is 12.7 Å². The molecule has 1 heterocycles. The third kappa shape index (κ3) is 3.50. The Kier molecular flexibility index (Phi) is 4.98. The second kappa shape index (κ2) is 7.11. The maximum Gasteiger partial charge on any atom is 0.333 e. The third-order valence-corrected chi connectivity index (χ3v) is 4.63. The van der Waals surface area contributed by atoms with Gasteiger partial charge in [-0.15, -0.1) is 0 Å². The first kappa shape index (κ1) is 19.6. The van der Waals surface area contributed by atoms with E-state index >= 15 is 4.39 Å². The van der Waals surface area contributed by atoms with Crippen molar-refractivity contribution in [1.29, 1.82) is 0 Å². The molecule has 3 rings (SSSR count). The summed E-state index contributed by atoms with van der Waals surface area (Å²) in [7, 11) is 1.51. The van der Waals surface area contributed by atoms with Crippen LogP contribution in [-0.4, -0.2) is 16.7 Å². The average Bonchev–Trinajstić information content (AvgIpc) is 2.62. The molecule has 0 aliphatic rings. The van der Waals surface area contributed by atoms with Crippen LogP contribution >= 0.6 is 0 Å². The lowest BCUT2D eigenvalue weighted by molar-refractivity contribution is 0.396. The molecule has 6 heteroatoms. The Morgan fingerprint density at radius 1 is 1.07 bits per heavy atom. The number of nitrogens with zero attached hydrogens (tertiary/aromatic N) is 1. The normalized spacial score (nSPS) is 11.5. The van der Waals surface area contributed by atoms with E-state index in [0.717, 1.165) is 15.7 Å². The third-order valence-electron chi connectivity index (χ3n) is 4.63. The first-order valence-corrected chi connectivity index (χ1v) is 8.94. The highest BCUT2D eigenvalue weighted by Crippen LogP contribution is 2.43. The molecule has 0 bridgehead atoms. The van der Waals surface area contributed by atoms with E-state index in [1.807, 2.05) is 52.0 Å². The summed E-state index contributed by atoms with van der Waals surface area (Å²) in [6.45, 7) is 7.91. The summed E-state index contributed by atoms with van der Waals surface area (Å²) >= 11 is 0. The molecule has 3 aromatic rings. The van der Waals surface area contributed by atoms with E-state index in [2.05, 4.69) is 4.98 Å². The highest BCUT2D eigenvalue weighted by molar-refractivity contribution is 5.76. The maximum absolute atomic E-state index is 15.7. The number of hydrogen-bond donors (Lipinski definition) is 1. The maximum atomic E-state index is 15.7. The van der Waals surface area contributed by atoms with Gasteiger partial charge in [-0.3, -0.25) is 14.3 Å². The van der Waals surface area contributed by atoms with Crippen LogP contribution < -0.4 is 16.0 Å². The lowest BCUT2D eigenvalue weighted by Gasteiger charge is -2.26. The van der Waals surface area contributed by atoms with Crippen LogP contribution in [0.2, 0.25) is 0 Å². The average molecular weight is 382 g/mol. The van der Waals surface area contributed by atoms with Crippen molar-refractivity contribution in [3.63, 3.8) is 0 Å². The molecule has 0 aliphatic heterocycles. The van der Waals surface area contributed by atoms with Crippen LogP contribution in [0.5, 0.6) is 5.75 Å². The molecule has 0 saturated carbocycles. The van der Waals surface area contributed by atoms with Gasteiger partial charge in [0.2, 0.25) is 0 Å². The lowest BCUT2D eigenvalue weighted by atomic mass is 9.83. The fourth-order valence-corrected chi connectivity index (χ4v) is 3.16. The number of ether oxygens (including phenoxy) is 1. The molecule has 146 valence electrons. The smallest absolute Gasteiger partial charge is 0.333 e. The summed E-state index contributed by atoms with van der Waals surface area (Å²) in [6.07, 6.45) is 1.28. The summed E-state index contributed by atoms with van der Waals surface area (Å²) in [5.74, 6) is -0.169. The monoisotopic (exact) mass is 382 g/mol. The molecule has 0 unspecified atom stereocenters. The van der Waals surface area contributed by atoms with Gasteiger partial charge in [0.05, 0.1) is 18.4 Å². The van der Waals surface area contributed by atoms with Gasteiger partial charge in [-0.1, -0.05) is 50.6 Å². The molecular formula is C22H23FN2O3. The van der Waals surface area contributed by atoms with Crippen LogP contribution in [0.3, 0.4) is 0 Å². The molecule has 1 N–H and O–H groups in total. The molecule has 0 saturated heterocycles. The predicted octanol–water partition coefficient (Wildman–Crippen LogP) is 3.95. The number of methoxy groups -OCH3 is 1. The van der Waals surface area contributed by atoms with Crippen LogP contribution in [0.4, 0.5) is 4.39 Å². The van der Waals surface area contributed by atoms with Crippen molar-refractivity contribution in [2.45, 2.75) is 33.1 Å². The van der Waals surface area contributed by atoms with Gasteiger partial charge in [0, 0.05) is 17.8 Å². The summed E-state index contributed by atoms with van der Waals surface area (Å²) < 4.78 is 22.4. The van der Waals surface area contributed by atoms with Gasteiger partial charge in [-0.2, -0.15) is 0 Å². The SMILES string of the molecule is COc1c(C(C)(C)C)cc(-n2ccc(=O)[nH]c2=O)c(F)c1-c1ccc(C)cc1. The van der Waals surface area contributed by atoms with Crippen LogP contribution in [0.25, 0.3) is 16.8 Å². The largest absolute Gasteiger partial charge is 0.496 e. The number of nitrogens with one attached hydrogen (secondary N) is 1. The molecule has 0 aliphatic carbocycles. The molecule has 0 atom stereocenters. The molecule has 0 radical (unpaired) electrons. The molecule has 0 fully saturated rings. The minimum Gasteiger partial charge on any atom is -0.496 e. The number of aromatic nitrogens is 2. The fourth-order valence-electron chi connectivity index (χ4n) is 3.16. The van der Waals surface area contributed by atoms with E-state index in [9.17, 15) is 9.59 Å². The van der Waals surface area contributed by atoms with Crippen molar-refractivity contribution >= 4 is 0 Å².